The normalized spacial score (nSPS) is 9.94. The molecule has 0 saturated heterocycles. The Labute approximate surface area is 100 Å². The highest BCUT2D eigenvalue weighted by Gasteiger charge is 2.06. The van der Waals surface area contributed by atoms with Crippen LogP contribution in [0.1, 0.15) is 25.8 Å². The van der Waals surface area contributed by atoms with Crippen LogP contribution in [0, 0.1) is 17.2 Å². The number of nitriles is 1. The van der Waals surface area contributed by atoms with Gasteiger partial charge in [0.2, 0.25) is 5.91 Å². The van der Waals surface area contributed by atoms with Crippen LogP contribution in [0.3, 0.4) is 0 Å². The fraction of sp³-hybridized carbons (Fsp3) is 0.333. The highest BCUT2D eigenvalue weighted by Crippen LogP contribution is 2.19. The second kappa shape index (κ2) is 5.53. The van der Waals surface area contributed by atoms with E-state index in [4.69, 9.17) is 16.9 Å². The lowest BCUT2D eigenvalue weighted by molar-refractivity contribution is -0.116. The number of nitrogens with zero attached hydrogens (tertiary/aromatic N) is 1. The number of rotatable bonds is 3. The SMILES string of the molecule is CC(C)CC(=O)Nc1ccc(Cl)c(C#N)c1. The predicted molar refractivity (Wildman–Crippen MR) is 64.3 cm³/mol. The molecule has 0 aliphatic carbocycles. The smallest absolute Gasteiger partial charge is 0.224 e. The zero-order chi connectivity index (χ0) is 12.1. The van der Waals surface area contributed by atoms with Crippen LogP contribution in [0.5, 0.6) is 0 Å². The van der Waals surface area contributed by atoms with Gasteiger partial charge in [-0.05, 0) is 24.1 Å². The third kappa shape index (κ3) is 3.56. The Morgan fingerprint density at radius 3 is 2.81 bits per heavy atom. The monoisotopic (exact) mass is 236 g/mol. The molecule has 1 amide bonds. The topological polar surface area (TPSA) is 52.9 Å². The number of anilines is 1. The molecule has 0 heterocycles. The number of halogens is 1. The quantitative estimate of drug-likeness (QED) is 0.876. The summed E-state index contributed by atoms with van der Waals surface area (Å²) in [6.07, 6.45) is 0.463. The summed E-state index contributed by atoms with van der Waals surface area (Å²) in [5.74, 6) is 0.254. The molecule has 0 aromatic heterocycles. The highest BCUT2D eigenvalue weighted by molar-refractivity contribution is 6.31. The summed E-state index contributed by atoms with van der Waals surface area (Å²) >= 11 is 5.78. The maximum absolute atomic E-state index is 11.5. The van der Waals surface area contributed by atoms with Crippen molar-refractivity contribution in [2.75, 3.05) is 5.32 Å². The van der Waals surface area contributed by atoms with E-state index in [1.807, 2.05) is 19.9 Å². The summed E-state index contributed by atoms with van der Waals surface area (Å²) in [7, 11) is 0. The van der Waals surface area contributed by atoms with Crippen LogP contribution in [0.15, 0.2) is 18.2 Å². The van der Waals surface area contributed by atoms with Crippen LogP contribution < -0.4 is 5.32 Å². The summed E-state index contributed by atoms with van der Waals surface area (Å²) in [5, 5.41) is 11.9. The van der Waals surface area contributed by atoms with Crippen LogP contribution in [-0.4, -0.2) is 5.91 Å². The van der Waals surface area contributed by atoms with Gasteiger partial charge >= 0.3 is 0 Å². The van der Waals surface area contributed by atoms with Crippen LogP contribution in [0.4, 0.5) is 5.69 Å². The summed E-state index contributed by atoms with van der Waals surface area (Å²) in [6, 6.07) is 6.82. The average molecular weight is 237 g/mol. The molecule has 0 aliphatic heterocycles. The number of amides is 1. The molecule has 1 rings (SSSR count). The van der Waals surface area contributed by atoms with Gasteiger partial charge in [0, 0.05) is 12.1 Å². The van der Waals surface area contributed by atoms with Gasteiger partial charge in [-0.3, -0.25) is 4.79 Å². The Hall–Kier alpha value is -1.53. The van der Waals surface area contributed by atoms with Crippen molar-refractivity contribution in [2.24, 2.45) is 5.92 Å². The molecule has 0 aliphatic rings. The van der Waals surface area contributed by atoms with Crippen molar-refractivity contribution in [1.29, 1.82) is 5.26 Å². The number of hydrogen-bond donors (Lipinski definition) is 1. The molecule has 84 valence electrons. The van der Waals surface area contributed by atoms with E-state index >= 15 is 0 Å². The number of carbonyl (C=O) groups excluding carboxylic acids is 1. The first kappa shape index (κ1) is 12.5. The minimum atomic E-state index is -0.0544. The molecule has 0 fully saturated rings. The van der Waals surface area contributed by atoms with Gasteiger partial charge in [0.15, 0.2) is 0 Å². The van der Waals surface area contributed by atoms with Crippen LogP contribution in [0.25, 0.3) is 0 Å². The number of carbonyl (C=O) groups is 1. The van der Waals surface area contributed by atoms with E-state index in [1.165, 1.54) is 0 Å². The van der Waals surface area contributed by atoms with Gasteiger partial charge in [-0.1, -0.05) is 25.4 Å². The molecule has 0 spiro atoms. The molecule has 16 heavy (non-hydrogen) atoms. The van der Waals surface area contributed by atoms with Crippen molar-refractivity contribution in [3.8, 4) is 6.07 Å². The van der Waals surface area contributed by atoms with Crippen LogP contribution in [0.2, 0.25) is 5.02 Å². The third-order valence-corrected chi connectivity index (χ3v) is 2.29. The Bertz CT molecular complexity index is 435. The van der Waals surface area contributed by atoms with Gasteiger partial charge in [-0.15, -0.1) is 0 Å². The molecular weight excluding hydrogens is 224 g/mol. The van der Waals surface area contributed by atoms with E-state index in [-0.39, 0.29) is 5.91 Å². The lowest BCUT2D eigenvalue weighted by Gasteiger charge is -2.07. The lowest BCUT2D eigenvalue weighted by Crippen LogP contribution is -2.13. The zero-order valence-electron chi connectivity index (χ0n) is 9.25. The maximum Gasteiger partial charge on any atom is 0.224 e. The van der Waals surface area contributed by atoms with Gasteiger partial charge < -0.3 is 5.32 Å². The predicted octanol–water partition coefficient (Wildman–Crippen LogP) is 3.20. The molecule has 3 nitrogen and oxygen atoms in total. The standard InChI is InChI=1S/C12H13ClN2O/c1-8(2)5-12(16)15-10-3-4-11(13)9(6-10)7-14/h3-4,6,8H,5H2,1-2H3,(H,15,16). The molecule has 1 N–H and O–H groups in total. The van der Waals surface area contributed by atoms with Crippen molar-refractivity contribution >= 4 is 23.2 Å². The minimum absolute atomic E-state index is 0.0544. The second-order valence-electron chi connectivity index (χ2n) is 3.95. The first-order valence-corrected chi connectivity index (χ1v) is 5.40. The van der Waals surface area contributed by atoms with E-state index in [1.54, 1.807) is 18.2 Å². The fourth-order valence-electron chi connectivity index (χ4n) is 1.27. The summed E-state index contributed by atoms with van der Waals surface area (Å²) < 4.78 is 0. The average Bonchev–Trinajstić information content (AvgIpc) is 2.19. The molecule has 4 heteroatoms. The van der Waals surface area contributed by atoms with Crippen LogP contribution >= 0.6 is 11.6 Å². The Balaban J connectivity index is 2.76. The summed E-state index contributed by atoms with van der Waals surface area (Å²) in [6.45, 7) is 3.95. The van der Waals surface area contributed by atoms with Crippen molar-refractivity contribution in [2.45, 2.75) is 20.3 Å². The summed E-state index contributed by atoms with van der Waals surface area (Å²) in [5.41, 5.74) is 0.968. The molecule has 0 saturated carbocycles. The fourth-order valence-corrected chi connectivity index (χ4v) is 1.43. The molecule has 0 atom stereocenters. The molecule has 0 radical (unpaired) electrons. The largest absolute Gasteiger partial charge is 0.326 e. The molecule has 1 aromatic carbocycles. The zero-order valence-corrected chi connectivity index (χ0v) is 10.0. The second-order valence-corrected chi connectivity index (χ2v) is 4.36. The van der Waals surface area contributed by atoms with Crippen molar-refractivity contribution in [3.05, 3.63) is 28.8 Å². The Morgan fingerprint density at radius 1 is 1.56 bits per heavy atom. The van der Waals surface area contributed by atoms with E-state index in [2.05, 4.69) is 5.32 Å². The van der Waals surface area contributed by atoms with Gasteiger partial charge in [-0.25, -0.2) is 0 Å². The van der Waals surface area contributed by atoms with E-state index < -0.39 is 0 Å². The maximum atomic E-state index is 11.5. The van der Waals surface area contributed by atoms with Crippen molar-refractivity contribution in [1.82, 2.24) is 0 Å². The van der Waals surface area contributed by atoms with Gasteiger partial charge in [0.1, 0.15) is 6.07 Å². The first-order chi connectivity index (χ1) is 7.52. The molecule has 1 aromatic rings. The van der Waals surface area contributed by atoms with Crippen molar-refractivity contribution < 1.29 is 4.79 Å². The number of nitrogens with one attached hydrogen (secondary N) is 1. The molecular formula is C12H13ClN2O. The number of hydrogen-bond acceptors (Lipinski definition) is 2. The summed E-state index contributed by atoms with van der Waals surface area (Å²) in [4.78, 5) is 11.5. The first-order valence-electron chi connectivity index (χ1n) is 5.02. The Kier molecular flexibility index (Phi) is 4.33. The number of benzene rings is 1. The highest BCUT2D eigenvalue weighted by atomic mass is 35.5. The minimum Gasteiger partial charge on any atom is -0.326 e. The Morgan fingerprint density at radius 2 is 2.25 bits per heavy atom. The third-order valence-electron chi connectivity index (χ3n) is 1.96. The van der Waals surface area contributed by atoms with E-state index in [0.717, 1.165) is 0 Å². The van der Waals surface area contributed by atoms with Gasteiger partial charge in [0.25, 0.3) is 0 Å². The van der Waals surface area contributed by atoms with Crippen molar-refractivity contribution in [3.63, 3.8) is 0 Å². The van der Waals surface area contributed by atoms with E-state index in [9.17, 15) is 4.79 Å². The van der Waals surface area contributed by atoms with Gasteiger partial charge in [0.05, 0.1) is 10.6 Å². The van der Waals surface area contributed by atoms with Gasteiger partial charge in [-0.2, -0.15) is 5.26 Å². The van der Waals surface area contributed by atoms with E-state index in [0.29, 0.717) is 28.6 Å². The lowest BCUT2D eigenvalue weighted by atomic mass is 10.1. The molecule has 0 bridgehead atoms. The van der Waals surface area contributed by atoms with Crippen LogP contribution in [-0.2, 0) is 4.79 Å². The molecule has 0 unspecified atom stereocenters.